The fourth-order valence-electron chi connectivity index (χ4n) is 2.89. The molecule has 0 aliphatic heterocycles. The summed E-state index contributed by atoms with van der Waals surface area (Å²) in [4.78, 5) is 11.4. The molecule has 0 radical (unpaired) electrons. The number of rotatable bonds is 1. The first-order chi connectivity index (χ1) is 6.22. The van der Waals surface area contributed by atoms with Gasteiger partial charge in [0, 0.05) is 0 Å². The third kappa shape index (κ3) is 1.46. The molecule has 3 aliphatic rings. The van der Waals surface area contributed by atoms with Gasteiger partial charge >= 0.3 is 5.97 Å². The van der Waals surface area contributed by atoms with E-state index < -0.39 is 0 Å². The second kappa shape index (κ2) is 3.29. The zero-order valence-electron chi connectivity index (χ0n) is 7.90. The third-order valence-corrected chi connectivity index (χ3v) is 3.59. The lowest BCUT2D eigenvalue weighted by Crippen LogP contribution is -2.44. The van der Waals surface area contributed by atoms with Crippen LogP contribution in [0, 0.1) is 17.8 Å². The van der Waals surface area contributed by atoms with Crippen molar-refractivity contribution in [2.45, 2.75) is 31.8 Å². The lowest BCUT2D eigenvalue weighted by atomic mass is 9.63. The lowest BCUT2D eigenvalue weighted by Gasteiger charge is -2.44. The van der Waals surface area contributed by atoms with Crippen LogP contribution in [-0.4, -0.2) is 24.3 Å². The first kappa shape index (κ1) is 9.00. The molecule has 0 unspecified atom stereocenters. The summed E-state index contributed by atoms with van der Waals surface area (Å²) >= 11 is 0. The summed E-state index contributed by atoms with van der Waals surface area (Å²) in [6, 6.07) is 0. The third-order valence-electron chi connectivity index (χ3n) is 3.59. The Kier molecular flexibility index (Phi) is 2.28. The van der Waals surface area contributed by atoms with Gasteiger partial charge in [-0.3, -0.25) is 4.79 Å². The van der Waals surface area contributed by atoms with Gasteiger partial charge in [0.15, 0.2) is 0 Å². The van der Waals surface area contributed by atoms with Crippen molar-refractivity contribution in [2.24, 2.45) is 17.8 Å². The number of hydrogen-bond donors (Lipinski definition) is 1. The van der Waals surface area contributed by atoms with E-state index in [1.165, 1.54) is 13.5 Å². The predicted molar refractivity (Wildman–Crippen MR) is 47.0 cm³/mol. The van der Waals surface area contributed by atoms with Crippen LogP contribution in [0.1, 0.15) is 25.7 Å². The first-order valence-corrected chi connectivity index (χ1v) is 4.98. The molecule has 0 spiro atoms. The molecule has 0 aromatic heterocycles. The van der Waals surface area contributed by atoms with Crippen LogP contribution in [-0.2, 0) is 9.53 Å². The number of esters is 1. The molecule has 13 heavy (non-hydrogen) atoms. The summed E-state index contributed by atoms with van der Waals surface area (Å²) in [7, 11) is 1.43. The van der Waals surface area contributed by atoms with Crippen LogP contribution >= 0.6 is 0 Å². The Morgan fingerprint density at radius 1 is 1.38 bits per heavy atom. The van der Waals surface area contributed by atoms with Gasteiger partial charge in [0.05, 0.1) is 19.1 Å². The Morgan fingerprint density at radius 2 is 2.15 bits per heavy atom. The Balaban J connectivity index is 2.10. The Morgan fingerprint density at radius 3 is 2.69 bits per heavy atom. The molecule has 0 amide bonds. The van der Waals surface area contributed by atoms with Gasteiger partial charge in [-0.25, -0.2) is 0 Å². The molecule has 0 saturated heterocycles. The maximum atomic E-state index is 11.4. The van der Waals surface area contributed by atoms with Crippen LogP contribution in [0.15, 0.2) is 0 Å². The molecule has 2 bridgehead atoms. The van der Waals surface area contributed by atoms with Crippen LogP contribution in [0.5, 0.6) is 0 Å². The van der Waals surface area contributed by atoms with Crippen molar-refractivity contribution >= 4 is 5.97 Å². The number of fused-ring (bicyclic) bond motifs is 3. The van der Waals surface area contributed by atoms with Crippen molar-refractivity contribution < 1.29 is 14.6 Å². The van der Waals surface area contributed by atoms with Gasteiger partial charge in [-0.05, 0) is 37.5 Å². The molecule has 3 aliphatic carbocycles. The monoisotopic (exact) mass is 184 g/mol. The number of carbonyl (C=O) groups excluding carboxylic acids is 1. The summed E-state index contributed by atoms with van der Waals surface area (Å²) in [6.45, 7) is 0. The summed E-state index contributed by atoms with van der Waals surface area (Å²) in [6.07, 6.45) is 3.71. The van der Waals surface area contributed by atoms with E-state index in [4.69, 9.17) is 4.74 Å². The molecule has 3 fully saturated rings. The molecule has 3 heteroatoms. The topological polar surface area (TPSA) is 46.5 Å². The van der Waals surface area contributed by atoms with Crippen LogP contribution in [0.25, 0.3) is 0 Å². The SMILES string of the molecule is COC(=O)[C@H]1C[C@@H]2CC[C@H]1[C@H](O)C2. The van der Waals surface area contributed by atoms with Gasteiger partial charge in [-0.2, -0.15) is 0 Å². The molecule has 0 heterocycles. The van der Waals surface area contributed by atoms with E-state index in [0.717, 1.165) is 19.3 Å². The van der Waals surface area contributed by atoms with Crippen LogP contribution in [0.3, 0.4) is 0 Å². The average molecular weight is 184 g/mol. The highest BCUT2D eigenvalue weighted by atomic mass is 16.5. The van der Waals surface area contributed by atoms with E-state index in [2.05, 4.69) is 0 Å². The maximum absolute atomic E-state index is 11.4. The van der Waals surface area contributed by atoms with Crippen LogP contribution < -0.4 is 0 Å². The van der Waals surface area contributed by atoms with E-state index >= 15 is 0 Å². The summed E-state index contributed by atoms with van der Waals surface area (Å²) in [5.41, 5.74) is 0. The van der Waals surface area contributed by atoms with Crippen LogP contribution in [0.2, 0.25) is 0 Å². The Labute approximate surface area is 78.1 Å². The molecule has 3 nitrogen and oxygen atoms in total. The summed E-state index contributed by atoms with van der Waals surface area (Å²) < 4.78 is 4.74. The molecular formula is C10H16O3. The number of carbonyl (C=O) groups is 1. The van der Waals surface area contributed by atoms with E-state index in [0.29, 0.717) is 5.92 Å². The Hall–Kier alpha value is -0.570. The van der Waals surface area contributed by atoms with Crippen molar-refractivity contribution in [3.8, 4) is 0 Å². The highest BCUT2D eigenvalue weighted by molar-refractivity contribution is 5.73. The molecule has 3 rings (SSSR count). The number of ether oxygens (including phenoxy) is 1. The number of hydrogen-bond acceptors (Lipinski definition) is 3. The number of methoxy groups -OCH3 is 1. The van der Waals surface area contributed by atoms with Crippen LogP contribution in [0.4, 0.5) is 0 Å². The first-order valence-electron chi connectivity index (χ1n) is 4.98. The van der Waals surface area contributed by atoms with Crippen molar-refractivity contribution in [3.63, 3.8) is 0 Å². The van der Waals surface area contributed by atoms with Gasteiger partial charge in [-0.15, -0.1) is 0 Å². The molecule has 0 aromatic rings. The van der Waals surface area contributed by atoms with E-state index in [1.54, 1.807) is 0 Å². The molecule has 0 aromatic carbocycles. The van der Waals surface area contributed by atoms with Gasteiger partial charge in [0.25, 0.3) is 0 Å². The zero-order chi connectivity index (χ0) is 9.42. The summed E-state index contributed by atoms with van der Waals surface area (Å²) in [5.74, 6) is 0.544. The maximum Gasteiger partial charge on any atom is 0.309 e. The largest absolute Gasteiger partial charge is 0.469 e. The fourth-order valence-corrected chi connectivity index (χ4v) is 2.89. The smallest absolute Gasteiger partial charge is 0.309 e. The highest BCUT2D eigenvalue weighted by Gasteiger charge is 2.44. The second-order valence-electron chi connectivity index (χ2n) is 4.28. The number of aliphatic hydroxyl groups is 1. The van der Waals surface area contributed by atoms with E-state index in [1.807, 2.05) is 0 Å². The summed E-state index contributed by atoms with van der Waals surface area (Å²) in [5, 5.41) is 9.71. The second-order valence-corrected chi connectivity index (χ2v) is 4.28. The molecule has 1 N–H and O–H groups in total. The quantitative estimate of drug-likeness (QED) is 0.617. The average Bonchev–Trinajstić information content (AvgIpc) is 2.17. The van der Waals surface area contributed by atoms with Crippen molar-refractivity contribution in [2.75, 3.05) is 7.11 Å². The minimum Gasteiger partial charge on any atom is -0.469 e. The highest BCUT2D eigenvalue weighted by Crippen LogP contribution is 2.45. The normalized spacial score (nSPS) is 43.2. The zero-order valence-corrected chi connectivity index (χ0v) is 7.90. The minimum absolute atomic E-state index is 0.0347. The minimum atomic E-state index is -0.267. The van der Waals surface area contributed by atoms with E-state index in [9.17, 15) is 9.90 Å². The van der Waals surface area contributed by atoms with Gasteiger partial charge in [-0.1, -0.05) is 0 Å². The standard InChI is InChI=1S/C10H16O3/c1-13-10(12)8-4-6-2-3-7(8)9(11)5-6/h6-9,11H,2-5H2,1H3/t6-,7+,8-,9+/m0/s1. The molecule has 3 saturated carbocycles. The van der Waals surface area contributed by atoms with Gasteiger partial charge < -0.3 is 9.84 Å². The molecule has 4 atom stereocenters. The predicted octanol–water partition coefficient (Wildman–Crippen LogP) is 0.956. The van der Waals surface area contributed by atoms with Crippen molar-refractivity contribution in [1.82, 2.24) is 0 Å². The molecule has 74 valence electrons. The van der Waals surface area contributed by atoms with Crippen molar-refractivity contribution in [1.29, 1.82) is 0 Å². The van der Waals surface area contributed by atoms with Crippen molar-refractivity contribution in [3.05, 3.63) is 0 Å². The van der Waals surface area contributed by atoms with Gasteiger partial charge in [0.2, 0.25) is 0 Å². The number of aliphatic hydroxyl groups excluding tert-OH is 1. The van der Waals surface area contributed by atoms with Gasteiger partial charge in [0.1, 0.15) is 0 Å². The fraction of sp³-hybridized carbons (Fsp3) is 0.900. The van der Waals surface area contributed by atoms with E-state index in [-0.39, 0.29) is 23.9 Å². The Bertz CT molecular complexity index is 214. The lowest BCUT2D eigenvalue weighted by molar-refractivity contribution is -0.156. The molecular weight excluding hydrogens is 168 g/mol.